The molecule has 1 aromatic carbocycles. The van der Waals surface area contributed by atoms with Gasteiger partial charge in [0.15, 0.2) is 11.5 Å². The average Bonchev–Trinajstić information content (AvgIpc) is 3.47. The summed E-state index contributed by atoms with van der Waals surface area (Å²) in [6.45, 7) is 2.43. The smallest absolute Gasteiger partial charge is 0.247 e. The number of hydrogen-bond acceptors (Lipinski definition) is 4. The van der Waals surface area contributed by atoms with Crippen LogP contribution in [0.15, 0.2) is 42.7 Å². The quantitative estimate of drug-likeness (QED) is 0.453. The summed E-state index contributed by atoms with van der Waals surface area (Å²) in [6.07, 6.45) is 5.84. The van der Waals surface area contributed by atoms with Gasteiger partial charge in [-0.15, -0.1) is 0 Å². The first-order valence-corrected chi connectivity index (χ1v) is 10.8. The summed E-state index contributed by atoms with van der Waals surface area (Å²) in [6, 6.07) is 9.59. The fraction of sp³-hybridized carbons (Fsp3) is 0.273. The highest BCUT2D eigenvalue weighted by atomic mass is 35.5. The lowest BCUT2D eigenvalue weighted by Crippen LogP contribution is -2.20. The summed E-state index contributed by atoms with van der Waals surface area (Å²) in [4.78, 5) is 17.2. The van der Waals surface area contributed by atoms with Crippen molar-refractivity contribution in [2.75, 3.05) is 5.32 Å². The maximum atomic E-state index is 12.7. The number of fused-ring (bicyclic) bond motifs is 1. The van der Waals surface area contributed by atoms with Gasteiger partial charge in [0.2, 0.25) is 5.91 Å². The number of nitrogens with one attached hydrogen (secondary N) is 1. The van der Waals surface area contributed by atoms with Gasteiger partial charge >= 0.3 is 0 Å². The van der Waals surface area contributed by atoms with E-state index in [4.69, 9.17) is 23.2 Å². The molecule has 0 aliphatic heterocycles. The summed E-state index contributed by atoms with van der Waals surface area (Å²) in [5, 5.41) is 13.8. The number of hydrogen-bond donors (Lipinski definition) is 1. The first-order chi connectivity index (χ1) is 15.0. The summed E-state index contributed by atoms with van der Waals surface area (Å²) in [5.74, 6) is 0.614. The van der Waals surface area contributed by atoms with Crippen LogP contribution < -0.4 is 5.32 Å². The molecule has 1 aliphatic carbocycles. The van der Waals surface area contributed by atoms with Crippen LogP contribution in [0.3, 0.4) is 0 Å². The van der Waals surface area contributed by atoms with E-state index < -0.39 is 0 Å². The lowest BCUT2D eigenvalue weighted by atomic mass is 10.1. The monoisotopic (exact) mass is 454 g/mol. The predicted octanol–water partition coefficient (Wildman–Crippen LogP) is 4.81. The molecular formula is C22H20Cl2N6O. The second-order valence-electron chi connectivity index (χ2n) is 7.78. The topological polar surface area (TPSA) is 77.6 Å². The molecule has 1 saturated carbocycles. The zero-order valence-electron chi connectivity index (χ0n) is 16.8. The van der Waals surface area contributed by atoms with E-state index in [0.717, 1.165) is 22.3 Å². The number of pyridine rings is 1. The van der Waals surface area contributed by atoms with Crippen molar-refractivity contribution in [2.24, 2.45) is 0 Å². The summed E-state index contributed by atoms with van der Waals surface area (Å²) < 4.78 is 3.29. The zero-order valence-corrected chi connectivity index (χ0v) is 18.4. The molecule has 3 aromatic heterocycles. The van der Waals surface area contributed by atoms with Crippen LogP contribution in [0.4, 0.5) is 5.82 Å². The first-order valence-electron chi connectivity index (χ1n) is 10.1. The maximum Gasteiger partial charge on any atom is 0.247 e. The molecule has 158 valence electrons. The van der Waals surface area contributed by atoms with Gasteiger partial charge in [0.05, 0.1) is 12.2 Å². The number of rotatable bonds is 6. The molecule has 5 rings (SSSR count). The van der Waals surface area contributed by atoms with E-state index in [1.807, 2.05) is 31.2 Å². The molecule has 0 radical (unpaired) electrons. The van der Waals surface area contributed by atoms with Crippen LogP contribution in [0.1, 0.15) is 35.6 Å². The minimum absolute atomic E-state index is 0.0269. The SMILES string of the molecule is Cc1nn(CC(=O)Nc2nn(Cc3ccccc3Cl)cc2Cl)c2nccc(C3CC3)c12. The van der Waals surface area contributed by atoms with E-state index in [-0.39, 0.29) is 12.5 Å². The average molecular weight is 455 g/mol. The van der Waals surface area contributed by atoms with E-state index in [1.165, 1.54) is 18.4 Å². The first kappa shape index (κ1) is 20.0. The highest BCUT2D eigenvalue weighted by molar-refractivity contribution is 6.33. The van der Waals surface area contributed by atoms with Crippen LogP contribution in [0.2, 0.25) is 10.0 Å². The van der Waals surface area contributed by atoms with E-state index in [2.05, 4.69) is 26.6 Å². The van der Waals surface area contributed by atoms with Crippen LogP contribution in [-0.4, -0.2) is 30.5 Å². The standard InChI is InChI=1S/C22H20Cl2N6O/c1-13-20-16(14-6-7-14)8-9-25-22(20)30(27-13)12-19(31)26-21-18(24)11-29(28-21)10-15-4-2-3-5-17(15)23/h2-5,8-9,11,14H,6-7,10,12H2,1H3,(H,26,28,31). The summed E-state index contributed by atoms with van der Waals surface area (Å²) in [5.41, 5.74) is 3.81. The van der Waals surface area contributed by atoms with Crippen LogP contribution in [0, 0.1) is 6.92 Å². The predicted molar refractivity (Wildman–Crippen MR) is 121 cm³/mol. The molecule has 31 heavy (non-hydrogen) atoms. The van der Waals surface area contributed by atoms with Crippen molar-refractivity contribution in [1.82, 2.24) is 24.5 Å². The van der Waals surface area contributed by atoms with Crippen molar-refractivity contribution in [3.8, 4) is 0 Å². The molecule has 7 nitrogen and oxygen atoms in total. The third-order valence-electron chi connectivity index (χ3n) is 5.42. The number of halogens is 2. The zero-order chi connectivity index (χ0) is 21.5. The van der Waals surface area contributed by atoms with Gasteiger partial charge < -0.3 is 5.32 Å². The van der Waals surface area contributed by atoms with Gasteiger partial charge in [-0.3, -0.25) is 9.48 Å². The largest absolute Gasteiger partial charge is 0.306 e. The Balaban J connectivity index is 1.33. The Bertz CT molecular complexity index is 1290. The minimum atomic E-state index is -0.270. The van der Waals surface area contributed by atoms with E-state index in [0.29, 0.717) is 28.3 Å². The lowest BCUT2D eigenvalue weighted by Gasteiger charge is -2.06. The van der Waals surface area contributed by atoms with E-state index in [1.54, 1.807) is 21.8 Å². The van der Waals surface area contributed by atoms with Crippen molar-refractivity contribution in [1.29, 1.82) is 0 Å². The van der Waals surface area contributed by atoms with Crippen LogP contribution in [-0.2, 0) is 17.9 Å². The lowest BCUT2D eigenvalue weighted by molar-refractivity contribution is -0.116. The number of aryl methyl sites for hydroxylation is 1. The van der Waals surface area contributed by atoms with Crippen molar-refractivity contribution < 1.29 is 4.79 Å². The summed E-state index contributed by atoms with van der Waals surface area (Å²) >= 11 is 12.5. The molecule has 0 atom stereocenters. The molecule has 4 aromatic rings. The molecule has 0 unspecified atom stereocenters. The molecule has 3 heterocycles. The van der Waals surface area contributed by atoms with Gasteiger partial charge in [-0.25, -0.2) is 9.67 Å². The number of carbonyl (C=O) groups excluding carboxylic acids is 1. The fourth-order valence-corrected chi connectivity index (χ4v) is 4.22. The highest BCUT2D eigenvalue weighted by Crippen LogP contribution is 2.43. The number of amides is 1. The van der Waals surface area contributed by atoms with Crippen LogP contribution in [0.5, 0.6) is 0 Å². The van der Waals surface area contributed by atoms with Crippen LogP contribution >= 0.6 is 23.2 Å². The second kappa shape index (κ2) is 7.98. The second-order valence-corrected chi connectivity index (χ2v) is 8.59. The fourth-order valence-electron chi connectivity index (χ4n) is 3.83. The molecule has 0 spiro atoms. The Morgan fingerprint density at radius 1 is 1.16 bits per heavy atom. The van der Waals surface area contributed by atoms with Crippen molar-refractivity contribution in [3.63, 3.8) is 0 Å². The Labute approximate surface area is 189 Å². The number of benzene rings is 1. The number of aromatic nitrogens is 5. The van der Waals surface area contributed by atoms with Crippen molar-refractivity contribution >= 4 is 46.0 Å². The van der Waals surface area contributed by atoms with Gasteiger partial charge in [0, 0.05) is 22.8 Å². The number of carbonyl (C=O) groups is 1. The Morgan fingerprint density at radius 2 is 1.97 bits per heavy atom. The normalized spacial score (nSPS) is 13.6. The molecular weight excluding hydrogens is 435 g/mol. The molecule has 0 bridgehead atoms. The Kier molecular flexibility index (Phi) is 5.16. The van der Waals surface area contributed by atoms with Gasteiger partial charge in [-0.2, -0.15) is 10.2 Å². The van der Waals surface area contributed by atoms with Crippen molar-refractivity contribution in [2.45, 2.75) is 38.8 Å². The molecule has 1 aliphatic rings. The van der Waals surface area contributed by atoms with Gasteiger partial charge in [0.25, 0.3) is 0 Å². The molecule has 1 N–H and O–H groups in total. The Morgan fingerprint density at radius 3 is 2.74 bits per heavy atom. The summed E-state index contributed by atoms with van der Waals surface area (Å²) in [7, 11) is 0. The molecule has 9 heteroatoms. The van der Waals surface area contributed by atoms with Crippen molar-refractivity contribution in [3.05, 3.63) is 69.6 Å². The third kappa shape index (κ3) is 4.03. The molecule has 0 saturated heterocycles. The number of nitrogens with zero attached hydrogens (tertiary/aromatic N) is 5. The van der Waals surface area contributed by atoms with Gasteiger partial charge in [0.1, 0.15) is 11.6 Å². The Hall–Kier alpha value is -2.90. The van der Waals surface area contributed by atoms with Gasteiger partial charge in [-0.1, -0.05) is 41.4 Å². The highest BCUT2D eigenvalue weighted by Gasteiger charge is 2.27. The maximum absolute atomic E-state index is 12.7. The van der Waals surface area contributed by atoms with Gasteiger partial charge in [-0.05, 0) is 48.9 Å². The molecule has 1 fully saturated rings. The van der Waals surface area contributed by atoms with Crippen LogP contribution in [0.25, 0.3) is 11.0 Å². The third-order valence-corrected chi connectivity index (χ3v) is 6.06. The molecule has 1 amide bonds. The number of anilines is 1. The van der Waals surface area contributed by atoms with E-state index >= 15 is 0 Å². The minimum Gasteiger partial charge on any atom is -0.306 e. The van der Waals surface area contributed by atoms with E-state index in [9.17, 15) is 4.79 Å².